The second-order valence-corrected chi connectivity index (χ2v) is 11.9. The Balaban J connectivity index is 1.36. The van der Waals surface area contributed by atoms with E-state index < -0.39 is 23.8 Å². The molecule has 5 amide bonds. The molecule has 0 radical (unpaired) electrons. The van der Waals surface area contributed by atoms with Crippen molar-refractivity contribution in [2.45, 2.75) is 33.2 Å². The first-order chi connectivity index (χ1) is 22.0. The minimum Gasteiger partial charge on any atom is -0.496 e. The average molecular weight is 630 g/mol. The number of carbonyl (C=O) groups is 4. The largest absolute Gasteiger partial charge is 0.496 e. The Bertz CT molecular complexity index is 1690. The standard InChI is InChI=1S/C35H40FN5O5/c1-21-24(23-17-29(36)27(31(18-23)46-5)19-37-14-16-41-15-8-13-32(41)42)9-6-10-25(21)26-11-7-12-30(22(26)2)38-33(43)28-20-39(3)35(45)40(4)34(28)44/h6-7,9-12,17-18,28,37H,8,13-16,19-20H2,1-5H3,(H,38,43). The van der Waals surface area contributed by atoms with E-state index in [2.05, 4.69) is 10.6 Å². The Morgan fingerprint density at radius 1 is 1.00 bits per heavy atom. The van der Waals surface area contributed by atoms with E-state index in [-0.39, 0.29) is 24.8 Å². The lowest BCUT2D eigenvalue weighted by Crippen LogP contribution is -2.56. The molecule has 3 aromatic rings. The third-order valence-corrected chi connectivity index (χ3v) is 8.95. The fourth-order valence-electron chi connectivity index (χ4n) is 6.22. The number of rotatable bonds is 10. The normalized spacial score (nSPS) is 16.8. The van der Waals surface area contributed by atoms with Crippen molar-refractivity contribution in [2.75, 3.05) is 52.7 Å². The maximum atomic E-state index is 15.5. The minimum atomic E-state index is -1.02. The van der Waals surface area contributed by atoms with Gasteiger partial charge in [0.15, 0.2) is 0 Å². The number of likely N-dealkylation sites (tertiary alicyclic amines) is 1. The first kappa shape index (κ1) is 32.6. The van der Waals surface area contributed by atoms with Gasteiger partial charge in [-0.1, -0.05) is 30.3 Å². The summed E-state index contributed by atoms with van der Waals surface area (Å²) in [5, 5.41) is 6.13. The predicted molar refractivity (Wildman–Crippen MR) is 174 cm³/mol. The van der Waals surface area contributed by atoms with Gasteiger partial charge in [0, 0.05) is 64.5 Å². The fourth-order valence-corrected chi connectivity index (χ4v) is 6.22. The molecule has 2 aliphatic rings. The van der Waals surface area contributed by atoms with Gasteiger partial charge in [0.05, 0.1) is 7.11 Å². The summed E-state index contributed by atoms with van der Waals surface area (Å²) in [5.41, 5.74) is 5.98. The van der Waals surface area contributed by atoms with Crippen LogP contribution in [-0.2, 0) is 20.9 Å². The molecule has 3 aromatic carbocycles. The van der Waals surface area contributed by atoms with Crippen LogP contribution in [0.3, 0.4) is 0 Å². The molecule has 46 heavy (non-hydrogen) atoms. The monoisotopic (exact) mass is 629 g/mol. The molecule has 2 N–H and O–H groups in total. The van der Waals surface area contributed by atoms with Gasteiger partial charge in [0.2, 0.25) is 17.7 Å². The molecule has 5 rings (SSSR count). The molecule has 11 heteroatoms. The second kappa shape index (κ2) is 13.7. The van der Waals surface area contributed by atoms with Gasteiger partial charge in [-0.05, 0) is 71.8 Å². The predicted octanol–water partition coefficient (Wildman–Crippen LogP) is 4.58. The quantitative estimate of drug-likeness (QED) is 0.251. The number of hydrogen-bond acceptors (Lipinski definition) is 6. The molecule has 2 fully saturated rings. The molecular weight excluding hydrogens is 589 g/mol. The number of carbonyl (C=O) groups excluding carboxylic acids is 4. The van der Waals surface area contributed by atoms with Crippen LogP contribution >= 0.6 is 0 Å². The third-order valence-electron chi connectivity index (χ3n) is 8.95. The SMILES string of the molecule is COc1cc(-c2cccc(-c3cccc(NC(=O)C4CN(C)C(=O)N(C)C4=O)c3C)c2C)cc(F)c1CNCCN1CCCC1=O. The highest BCUT2D eigenvalue weighted by Crippen LogP contribution is 2.38. The number of halogens is 1. The van der Waals surface area contributed by atoms with E-state index in [4.69, 9.17) is 4.74 Å². The van der Waals surface area contributed by atoms with E-state index in [1.54, 1.807) is 13.1 Å². The molecule has 0 spiro atoms. The number of ether oxygens (including phenoxy) is 1. The van der Waals surface area contributed by atoms with Crippen molar-refractivity contribution in [3.8, 4) is 28.0 Å². The van der Waals surface area contributed by atoms with Gasteiger partial charge in [-0.2, -0.15) is 0 Å². The van der Waals surface area contributed by atoms with Crippen LogP contribution in [-0.4, -0.2) is 85.8 Å². The van der Waals surface area contributed by atoms with Crippen LogP contribution in [0.2, 0.25) is 0 Å². The van der Waals surface area contributed by atoms with Crippen molar-refractivity contribution >= 4 is 29.4 Å². The van der Waals surface area contributed by atoms with Crippen LogP contribution in [0.5, 0.6) is 5.75 Å². The summed E-state index contributed by atoms with van der Waals surface area (Å²) in [6.45, 7) is 6.05. The molecule has 1 unspecified atom stereocenters. The van der Waals surface area contributed by atoms with Crippen molar-refractivity contribution in [1.82, 2.24) is 20.0 Å². The first-order valence-electron chi connectivity index (χ1n) is 15.4. The average Bonchev–Trinajstić information content (AvgIpc) is 3.45. The Labute approximate surface area is 268 Å². The van der Waals surface area contributed by atoms with E-state index in [0.29, 0.717) is 42.1 Å². The lowest BCUT2D eigenvalue weighted by Gasteiger charge is -2.33. The first-order valence-corrected chi connectivity index (χ1v) is 15.4. The minimum absolute atomic E-state index is 0.00220. The molecular formula is C35H40FN5O5. The van der Waals surface area contributed by atoms with Crippen molar-refractivity contribution in [1.29, 1.82) is 0 Å². The van der Waals surface area contributed by atoms with Gasteiger partial charge in [-0.3, -0.25) is 19.3 Å². The maximum absolute atomic E-state index is 15.5. The highest BCUT2D eigenvalue weighted by molar-refractivity contribution is 6.12. The Morgan fingerprint density at radius 3 is 2.39 bits per heavy atom. The zero-order valence-corrected chi connectivity index (χ0v) is 26.9. The van der Waals surface area contributed by atoms with Crippen LogP contribution in [0.15, 0.2) is 48.5 Å². The second-order valence-electron chi connectivity index (χ2n) is 11.9. The summed E-state index contributed by atoms with van der Waals surface area (Å²) in [6.07, 6.45) is 1.47. The van der Waals surface area contributed by atoms with Crippen molar-refractivity contribution < 1.29 is 28.3 Å². The number of nitrogens with one attached hydrogen (secondary N) is 2. The number of methoxy groups -OCH3 is 1. The zero-order chi connectivity index (χ0) is 33.1. The van der Waals surface area contributed by atoms with Gasteiger partial charge in [-0.25, -0.2) is 9.18 Å². The molecule has 2 aliphatic heterocycles. The van der Waals surface area contributed by atoms with Crippen LogP contribution in [0, 0.1) is 25.6 Å². The van der Waals surface area contributed by atoms with Crippen molar-refractivity contribution in [3.05, 3.63) is 71.0 Å². The Kier molecular flexibility index (Phi) is 9.71. The lowest BCUT2D eigenvalue weighted by atomic mass is 9.90. The fraction of sp³-hybridized carbons (Fsp3) is 0.371. The molecule has 2 heterocycles. The molecule has 0 saturated carbocycles. The summed E-state index contributed by atoms with van der Waals surface area (Å²) in [5.74, 6) is -1.83. The van der Waals surface area contributed by atoms with Gasteiger partial charge >= 0.3 is 6.03 Å². The number of hydrogen-bond donors (Lipinski definition) is 2. The van der Waals surface area contributed by atoms with Crippen molar-refractivity contribution in [2.24, 2.45) is 5.92 Å². The lowest BCUT2D eigenvalue weighted by molar-refractivity contribution is -0.140. The molecule has 242 valence electrons. The van der Waals surface area contributed by atoms with Gasteiger partial charge in [0.25, 0.3) is 0 Å². The van der Waals surface area contributed by atoms with E-state index in [1.807, 2.05) is 55.1 Å². The van der Waals surface area contributed by atoms with E-state index in [9.17, 15) is 19.2 Å². The zero-order valence-electron chi connectivity index (χ0n) is 26.9. The number of imide groups is 1. The summed E-state index contributed by atoms with van der Waals surface area (Å²) in [6, 6.07) is 14.3. The number of amides is 5. The van der Waals surface area contributed by atoms with Crippen LogP contribution in [0.25, 0.3) is 22.3 Å². The highest BCUT2D eigenvalue weighted by atomic mass is 19.1. The van der Waals surface area contributed by atoms with Crippen LogP contribution in [0.4, 0.5) is 14.9 Å². The molecule has 2 saturated heterocycles. The third kappa shape index (κ3) is 6.46. The van der Waals surface area contributed by atoms with Crippen molar-refractivity contribution in [3.63, 3.8) is 0 Å². The van der Waals surface area contributed by atoms with E-state index >= 15 is 4.39 Å². The molecule has 0 aromatic heterocycles. The highest BCUT2D eigenvalue weighted by Gasteiger charge is 2.39. The smallest absolute Gasteiger partial charge is 0.326 e. The summed E-state index contributed by atoms with van der Waals surface area (Å²) < 4.78 is 21.2. The van der Waals surface area contributed by atoms with Crippen LogP contribution < -0.4 is 15.4 Å². The number of nitrogens with zero attached hydrogens (tertiary/aromatic N) is 3. The maximum Gasteiger partial charge on any atom is 0.326 e. The van der Waals surface area contributed by atoms with E-state index in [0.717, 1.165) is 45.7 Å². The van der Waals surface area contributed by atoms with Gasteiger partial charge < -0.3 is 25.2 Å². The Morgan fingerprint density at radius 2 is 1.70 bits per heavy atom. The van der Waals surface area contributed by atoms with Gasteiger partial charge in [0.1, 0.15) is 17.5 Å². The number of benzene rings is 3. The summed E-state index contributed by atoms with van der Waals surface area (Å²) in [4.78, 5) is 54.0. The molecule has 1 atom stereocenters. The summed E-state index contributed by atoms with van der Waals surface area (Å²) in [7, 11) is 4.44. The molecule has 10 nitrogen and oxygen atoms in total. The number of urea groups is 1. The Hall–Kier alpha value is -4.77. The number of anilines is 1. The van der Waals surface area contributed by atoms with Gasteiger partial charge in [-0.15, -0.1) is 0 Å². The topological polar surface area (TPSA) is 111 Å². The summed E-state index contributed by atoms with van der Waals surface area (Å²) >= 11 is 0. The van der Waals surface area contributed by atoms with Crippen LogP contribution in [0.1, 0.15) is 29.5 Å². The van der Waals surface area contributed by atoms with E-state index in [1.165, 1.54) is 25.1 Å². The molecule has 0 aliphatic carbocycles. The molecule has 0 bridgehead atoms.